The Hall–Kier alpha value is -2.77. The highest BCUT2D eigenvalue weighted by Gasteiger charge is 2.25. The third-order valence-corrected chi connectivity index (χ3v) is 5.27. The second kappa shape index (κ2) is 9.15. The lowest BCUT2D eigenvalue weighted by Gasteiger charge is -2.30. The summed E-state index contributed by atoms with van der Waals surface area (Å²) in [6.45, 7) is 2.52. The summed E-state index contributed by atoms with van der Waals surface area (Å²) in [5.74, 6) is 1.44. The highest BCUT2D eigenvalue weighted by molar-refractivity contribution is 6.30. The van der Waals surface area contributed by atoms with Gasteiger partial charge in [0, 0.05) is 35.8 Å². The van der Waals surface area contributed by atoms with Crippen LogP contribution in [0.5, 0.6) is 0 Å². The van der Waals surface area contributed by atoms with E-state index >= 15 is 0 Å². The van der Waals surface area contributed by atoms with Crippen LogP contribution in [0.4, 0.5) is 5.69 Å². The summed E-state index contributed by atoms with van der Waals surface area (Å²) in [7, 11) is 0. The first-order valence-electron chi connectivity index (χ1n) is 9.70. The van der Waals surface area contributed by atoms with Gasteiger partial charge in [0.05, 0.1) is 0 Å². The minimum atomic E-state index is -0.00806. The van der Waals surface area contributed by atoms with Crippen LogP contribution in [0.2, 0.25) is 5.02 Å². The average molecular weight is 412 g/mol. The van der Waals surface area contributed by atoms with Crippen LogP contribution in [0.3, 0.4) is 0 Å². The van der Waals surface area contributed by atoms with E-state index in [0.717, 1.165) is 38.2 Å². The normalized spacial score (nSPS) is 15.3. The van der Waals surface area contributed by atoms with Crippen LogP contribution >= 0.6 is 11.6 Å². The number of benzene rings is 1. The first-order valence-corrected chi connectivity index (χ1v) is 10.1. The molecule has 1 aliphatic rings. The molecule has 0 radical (unpaired) electrons. The smallest absolute Gasteiger partial charge is 0.230 e. The van der Waals surface area contributed by atoms with E-state index in [9.17, 15) is 4.79 Å². The van der Waals surface area contributed by atoms with E-state index in [2.05, 4.69) is 25.3 Å². The number of nitrogens with one attached hydrogen (secondary N) is 1. The number of pyridine rings is 1. The molecule has 1 N–H and O–H groups in total. The monoisotopic (exact) mass is 411 g/mol. The Morgan fingerprint density at radius 1 is 1.21 bits per heavy atom. The molecule has 8 heteroatoms. The first-order chi connectivity index (χ1) is 14.2. The summed E-state index contributed by atoms with van der Waals surface area (Å²) in [6, 6.07) is 12.8. The number of aromatic nitrogens is 3. The van der Waals surface area contributed by atoms with Gasteiger partial charge >= 0.3 is 0 Å². The number of carbonyl (C=O) groups is 1. The van der Waals surface area contributed by atoms with Gasteiger partial charge in [0.15, 0.2) is 0 Å². The van der Waals surface area contributed by atoms with Gasteiger partial charge in [0.2, 0.25) is 17.6 Å². The van der Waals surface area contributed by atoms with E-state index in [4.69, 9.17) is 16.1 Å². The van der Waals surface area contributed by atoms with Crippen molar-refractivity contribution in [3.8, 4) is 11.5 Å². The Kier molecular flexibility index (Phi) is 6.17. The van der Waals surface area contributed by atoms with E-state index in [1.54, 1.807) is 18.3 Å². The summed E-state index contributed by atoms with van der Waals surface area (Å²) in [4.78, 5) is 23.2. The molecule has 4 rings (SSSR count). The van der Waals surface area contributed by atoms with Crippen molar-refractivity contribution < 1.29 is 9.32 Å². The SMILES string of the molecule is O=C(CCN1CCC(c2nc(-c3ccccn3)no2)CC1)Nc1cccc(Cl)c1. The largest absolute Gasteiger partial charge is 0.339 e. The number of rotatable bonds is 6. The van der Waals surface area contributed by atoms with Gasteiger partial charge in [0.1, 0.15) is 5.69 Å². The third-order valence-electron chi connectivity index (χ3n) is 5.04. The van der Waals surface area contributed by atoms with Crippen LogP contribution in [-0.4, -0.2) is 45.6 Å². The third kappa shape index (κ3) is 5.19. The van der Waals surface area contributed by atoms with Crippen LogP contribution in [0.15, 0.2) is 53.2 Å². The maximum atomic E-state index is 12.2. The predicted octanol–water partition coefficient (Wildman–Crippen LogP) is 3.99. The van der Waals surface area contributed by atoms with Crippen molar-refractivity contribution in [2.24, 2.45) is 0 Å². The highest BCUT2D eigenvalue weighted by atomic mass is 35.5. The van der Waals surface area contributed by atoms with Gasteiger partial charge in [-0.2, -0.15) is 4.98 Å². The topological polar surface area (TPSA) is 84.2 Å². The molecule has 1 aromatic carbocycles. The van der Waals surface area contributed by atoms with Crippen LogP contribution < -0.4 is 5.32 Å². The van der Waals surface area contributed by atoms with Crippen molar-refractivity contribution in [1.82, 2.24) is 20.0 Å². The first kappa shape index (κ1) is 19.5. The fourth-order valence-electron chi connectivity index (χ4n) is 3.45. The number of likely N-dealkylation sites (tertiary alicyclic amines) is 1. The van der Waals surface area contributed by atoms with E-state index in [-0.39, 0.29) is 11.8 Å². The quantitative estimate of drug-likeness (QED) is 0.660. The number of amides is 1. The lowest BCUT2D eigenvalue weighted by molar-refractivity contribution is -0.116. The van der Waals surface area contributed by atoms with Gasteiger partial charge in [0.25, 0.3) is 0 Å². The number of nitrogens with zero attached hydrogens (tertiary/aromatic N) is 4. The molecule has 1 amide bonds. The highest BCUT2D eigenvalue weighted by Crippen LogP contribution is 2.28. The maximum Gasteiger partial charge on any atom is 0.230 e. The fourth-order valence-corrected chi connectivity index (χ4v) is 3.64. The van der Waals surface area contributed by atoms with Crippen molar-refractivity contribution in [2.75, 3.05) is 25.0 Å². The molecular weight excluding hydrogens is 390 g/mol. The molecular formula is C21H22ClN5O2. The van der Waals surface area contributed by atoms with Crippen molar-refractivity contribution in [2.45, 2.75) is 25.2 Å². The Labute approximate surface area is 174 Å². The zero-order valence-corrected chi connectivity index (χ0v) is 16.7. The van der Waals surface area contributed by atoms with Gasteiger partial charge < -0.3 is 14.7 Å². The minimum absolute atomic E-state index is 0.00806. The van der Waals surface area contributed by atoms with E-state index in [1.165, 1.54) is 0 Å². The van der Waals surface area contributed by atoms with Crippen LogP contribution in [0.25, 0.3) is 11.5 Å². The molecule has 0 aliphatic carbocycles. The summed E-state index contributed by atoms with van der Waals surface area (Å²) >= 11 is 5.95. The van der Waals surface area contributed by atoms with E-state index < -0.39 is 0 Å². The molecule has 0 saturated carbocycles. The molecule has 29 heavy (non-hydrogen) atoms. The van der Waals surface area contributed by atoms with Crippen molar-refractivity contribution in [1.29, 1.82) is 0 Å². The van der Waals surface area contributed by atoms with Gasteiger partial charge in [-0.05, 0) is 56.3 Å². The maximum absolute atomic E-state index is 12.2. The molecule has 1 saturated heterocycles. The Balaban J connectivity index is 1.23. The molecule has 7 nitrogen and oxygen atoms in total. The predicted molar refractivity (Wildman–Crippen MR) is 111 cm³/mol. The van der Waals surface area contributed by atoms with Crippen molar-refractivity contribution in [3.05, 3.63) is 59.6 Å². The zero-order chi connectivity index (χ0) is 20.1. The van der Waals surface area contributed by atoms with Crippen LogP contribution in [0, 0.1) is 0 Å². The second-order valence-corrected chi connectivity index (χ2v) is 7.53. The molecule has 0 bridgehead atoms. The molecule has 0 unspecified atom stereocenters. The van der Waals surface area contributed by atoms with Gasteiger partial charge in [-0.1, -0.05) is 28.9 Å². The second-order valence-electron chi connectivity index (χ2n) is 7.10. The van der Waals surface area contributed by atoms with Crippen LogP contribution in [0.1, 0.15) is 31.1 Å². The summed E-state index contributed by atoms with van der Waals surface area (Å²) in [5.41, 5.74) is 1.44. The fraction of sp³-hybridized carbons (Fsp3) is 0.333. The summed E-state index contributed by atoms with van der Waals surface area (Å²) in [6.07, 6.45) is 4.02. The van der Waals surface area contributed by atoms with Crippen LogP contribution in [-0.2, 0) is 4.79 Å². The number of halogens is 1. The van der Waals surface area contributed by atoms with E-state index in [0.29, 0.717) is 28.9 Å². The van der Waals surface area contributed by atoms with Gasteiger partial charge in [-0.15, -0.1) is 0 Å². The number of hydrogen-bond acceptors (Lipinski definition) is 6. The Bertz CT molecular complexity index is 954. The molecule has 3 heterocycles. The number of piperidine rings is 1. The number of hydrogen-bond donors (Lipinski definition) is 1. The molecule has 3 aromatic rings. The van der Waals surface area contributed by atoms with E-state index in [1.807, 2.05) is 30.3 Å². The average Bonchev–Trinajstić information content (AvgIpc) is 3.24. The number of anilines is 1. The lowest BCUT2D eigenvalue weighted by atomic mass is 9.96. The molecule has 0 spiro atoms. The molecule has 2 aromatic heterocycles. The molecule has 1 fully saturated rings. The molecule has 1 aliphatic heterocycles. The summed E-state index contributed by atoms with van der Waals surface area (Å²) < 4.78 is 5.47. The zero-order valence-electron chi connectivity index (χ0n) is 15.9. The standard InChI is InChI=1S/C21H22ClN5O2/c22-16-4-3-5-17(14-16)24-19(28)9-13-27-11-7-15(8-12-27)21-25-20(26-29-21)18-6-1-2-10-23-18/h1-6,10,14-15H,7-9,11-13H2,(H,24,28). The Morgan fingerprint density at radius 2 is 2.07 bits per heavy atom. The molecule has 150 valence electrons. The summed E-state index contributed by atoms with van der Waals surface area (Å²) in [5, 5.41) is 7.56. The number of carbonyl (C=O) groups excluding carboxylic acids is 1. The van der Waals surface area contributed by atoms with Gasteiger partial charge in [-0.3, -0.25) is 9.78 Å². The minimum Gasteiger partial charge on any atom is -0.339 e. The van der Waals surface area contributed by atoms with Crippen molar-refractivity contribution in [3.63, 3.8) is 0 Å². The Morgan fingerprint density at radius 3 is 2.83 bits per heavy atom. The van der Waals surface area contributed by atoms with Crippen molar-refractivity contribution >= 4 is 23.2 Å². The lowest BCUT2D eigenvalue weighted by Crippen LogP contribution is -2.35. The molecule has 0 atom stereocenters. The van der Waals surface area contributed by atoms with Gasteiger partial charge in [-0.25, -0.2) is 0 Å².